The molecular formula is C20H33IN4O2. The number of hydrogen-bond donors (Lipinski definition) is 2. The number of benzene rings is 1. The van der Waals surface area contributed by atoms with Crippen LogP contribution in [0.5, 0.6) is 5.75 Å². The number of guanidine groups is 1. The smallest absolute Gasteiger partial charge is 0.191 e. The molecule has 1 heterocycles. The van der Waals surface area contributed by atoms with E-state index in [-0.39, 0.29) is 24.0 Å². The highest BCUT2D eigenvalue weighted by Crippen LogP contribution is 2.17. The summed E-state index contributed by atoms with van der Waals surface area (Å²) >= 11 is 0. The molecular weight excluding hydrogens is 455 g/mol. The first-order valence-electron chi connectivity index (χ1n) is 9.27. The van der Waals surface area contributed by atoms with Gasteiger partial charge in [0.2, 0.25) is 0 Å². The number of methoxy groups -OCH3 is 1. The van der Waals surface area contributed by atoms with Crippen molar-refractivity contribution in [2.24, 2.45) is 4.99 Å². The van der Waals surface area contributed by atoms with Gasteiger partial charge in [0.1, 0.15) is 5.75 Å². The van der Waals surface area contributed by atoms with Gasteiger partial charge in [-0.1, -0.05) is 24.3 Å². The monoisotopic (exact) mass is 488 g/mol. The van der Waals surface area contributed by atoms with Gasteiger partial charge in [-0.05, 0) is 18.9 Å². The Morgan fingerprint density at radius 3 is 2.74 bits per heavy atom. The van der Waals surface area contributed by atoms with Crippen molar-refractivity contribution in [1.82, 2.24) is 15.5 Å². The average molecular weight is 488 g/mol. The number of halogens is 1. The van der Waals surface area contributed by atoms with Crippen molar-refractivity contribution >= 4 is 29.9 Å². The predicted octanol–water partition coefficient (Wildman–Crippen LogP) is 2.65. The number of nitrogens with zero attached hydrogens (tertiary/aromatic N) is 2. The Labute approximate surface area is 180 Å². The summed E-state index contributed by atoms with van der Waals surface area (Å²) in [5, 5.41) is 6.83. The molecule has 2 N–H and O–H groups in total. The summed E-state index contributed by atoms with van der Waals surface area (Å²) in [5.74, 6) is 1.70. The van der Waals surface area contributed by atoms with Gasteiger partial charge in [-0.15, -0.1) is 30.6 Å². The summed E-state index contributed by atoms with van der Waals surface area (Å²) in [6.07, 6.45) is 4.22. The van der Waals surface area contributed by atoms with E-state index in [1.807, 2.05) is 30.3 Å². The molecule has 0 amide bonds. The molecule has 0 bridgehead atoms. The number of rotatable bonds is 9. The standard InChI is InChI=1S/C20H32N4O2.HI/c1-4-12-24-13-9-18(10-14-24)23-20(21-2)22-11-15-26-16-17-7-5-6-8-19(17)25-3;/h4-8,18H,1,9-16H2,2-3H3,(H2,21,22,23);1H. The lowest BCUT2D eigenvalue weighted by atomic mass is 10.1. The van der Waals surface area contributed by atoms with E-state index >= 15 is 0 Å². The van der Waals surface area contributed by atoms with Crippen LogP contribution < -0.4 is 15.4 Å². The molecule has 0 saturated carbocycles. The van der Waals surface area contributed by atoms with Crippen LogP contribution in [-0.2, 0) is 11.3 Å². The zero-order valence-corrected chi connectivity index (χ0v) is 18.8. The third kappa shape index (κ3) is 8.49. The number of hydrogen-bond acceptors (Lipinski definition) is 4. The van der Waals surface area contributed by atoms with E-state index in [1.54, 1.807) is 14.2 Å². The zero-order chi connectivity index (χ0) is 18.6. The summed E-state index contributed by atoms with van der Waals surface area (Å²) in [7, 11) is 3.48. The van der Waals surface area contributed by atoms with Gasteiger partial charge in [-0.25, -0.2) is 0 Å². The summed E-state index contributed by atoms with van der Waals surface area (Å²) in [5.41, 5.74) is 1.06. The molecule has 1 aliphatic heterocycles. The van der Waals surface area contributed by atoms with Crippen molar-refractivity contribution in [2.75, 3.05) is 46.9 Å². The summed E-state index contributed by atoms with van der Waals surface area (Å²) in [6.45, 7) is 8.84. The number of nitrogens with one attached hydrogen (secondary N) is 2. The van der Waals surface area contributed by atoms with Crippen LogP contribution in [0.25, 0.3) is 0 Å². The van der Waals surface area contributed by atoms with Crippen LogP contribution in [0, 0.1) is 0 Å². The highest BCUT2D eigenvalue weighted by Gasteiger charge is 2.18. The molecule has 2 rings (SSSR count). The minimum Gasteiger partial charge on any atom is -0.496 e. The summed E-state index contributed by atoms with van der Waals surface area (Å²) in [6, 6.07) is 8.39. The van der Waals surface area contributed by atoms with Crippen LogP contribution >= 0.6 is 24.0 Å². The molecule has 6 nitrogen and oxygen atoms in total. The Hall–Kier alpha value is -1.32. The first-order chi connectivity index (χ1) is 12.8. The number of ether oxygens (including phenoxy) is 2. The molecule has 1 aromatic rings. The van der Waals surface area contributed by atoms with Crippen LogP contribution in [-0.4, -0.2) is 63.8 Å². The third-order valence-electron chi connectivity index (χ3n) is 4.53. The lowest BCUT2D eigenvalue weighted by Gasteiger charge is -2.32. The second-order valence-corrected chi connectivity index (χ2v) is 6.37. The minimum atomic E-state index is 0. The molecule has 0 radical (unpaired) electrons. The summed E-state index contributed by atoms with van der Waals surface area (Å²) < 4.78 is 11.1. The van der Waals surface area contributed by atoms with Gasteiger partial charge in [0, 0.05) is 44.8 Å². The van der Waals surface area contributed by atoms with Crippen LogP contribution in [0.1, 0.15) is 18.4 Å². The van der Waals surface area contributed by atoms with E-state index in [0.29, 0.717) is 25.8 Å². The van der Waals surface area contributed by atoms with E-state index in [0.717, 1.165) is 49.7 Å². The fourth-order valence-electron chi connectivity index (χ4n) is 3.08. The van der Waals surface area contributed by atoms with E-state index < -0.39 is 0 Å². The van der Waals surface area contributed by atoms with Gasteiger partial charge in [0.15, 0.2) is 5.96 Å². The van der Waals surface area contributed by atoms with Gasteiger partial charge in [-0.3, -0.25) is 9.89 Å². The van der Waals surface area contributed by atoms with Gasteiger partial charge >= 0.3 is 0 Å². The highest BCUT2D eigenvalue weighted by molar-refractivity contribution is 14.0. The molecule has 1 aliphatic rings. The predicted molar refractivity (Wildman–Crippen MR) is 122 cm³/mol. The second-order valence-electron chi connectivity index (χ2n) is 6.37. The third-order valence-corrected chi connectivity index (χ3v) is 4.53. The van der Waals surface area contributed by atoms with Gasteiger partial charge in [0.25, 0.3) is 0 Å². The molecule has 27 heavy (non-hydrogen) atoms. The lowest BCUT2D eigenvalue weighted by molar-refractivity contribution is 0.123. The van der Waals surface area contributed by atoms with Crippen LogP contribution in [0.3, 0.4) is 0 Å². The molecule has 0 aliphatic carbocycles. The summed E-state index contributed by atoms with van der Waals surface area (Å²) in [4.78, 5) is 6.73. The maximum Gasteiger partial charge on any atom is 0.191 e. The van der Waals surface area contributed by atoms with Gasteiger partial charge in [-0.2, -0.15) is 0 Å². The fourth-order valence-corrected chi connectivity index (χ4v) is 3.08. The quantitative estimate of drug-likeness (QED) is 0.184. The lowest BCUT2D eigenvalue weighted by Crippen LogP contribution is -2.49. The molecule has 0 spiro atoms. The fraction of sp³-hybridized carbons (Fsp3) is 0.550. The first-order valence-corrected chi connectivity index (χ1v) is 9.27. The number of piperidine rings is 1. The minimum absolute atomic E-state index is 0. The first kappa shape index (κ1) is 23.7. The molecule has 1 fully saturated rings. The van der Waals surface area contributed by atoms with Crippen molar-refractivity contribution in [2.45, 2.75) is 25.5 Å². The van der Waals surface area contributed by atoms with Crippen molar-refractivity contribution < 1.29 is 9.47 Å². The van der Waals surface area contributed by atoms with Crippen LogP contribution in [0.2, 0.25) is 0 Å². The largest absolute Gasteiger partial charge is 0.496 e. The van der Waals surface area contributed by atoms with Crippen molar-refractivity contribution in [3.05, 3.63) is 42.5 Å². The second kappa shape index (κ2) is 13.8. The molecule has 1 aromatic carbocycles. The average Bonchev–Trinajstić information content (AvgIpc) is 2.68. The van der Waals surface area contributed by atoms with Crippen molar-refractivity contribution in [1.29, 1.82) is 0 Å². The van der Waals surface area contributed by atoms with E-state index in [9.17, 15) is 0 Å². The SMILES string of the molecule is C=CCN1CCC(NC(=NC)NCCOCc2ccccc2OC)CC1.I. The maximum atomic E-state index is 5.75. The van der Waals surface area contributed by atoms with Crippen molar-refractivity contribution in [3.8, 4) is 5.75 Å². The van der Waals surface area contributed by atoms with E-state index in [4.69, 9.17) is 9.47 Å². The Kier molecular flexibility index (Phi) is 12.1. The van der Waals surface area contributed by atoms with E-state index in [1.165, 1.54) is 0 Å². The van der Waals surface area contributed by atoms with Crippen LogP contribution in [0.15, 0.2) is 41.9 Å². The molecule has 0 atom stereocenters. The molecule has 0 unspecified atom stereocenters. The Bertz CT molecular complexity index is 575. The van der Waals surface area contributed by atoms with Gasteiger partial charge < -0.3 is 20.1 Å². The van der Waals surface area contributed by atoms with E-state index in [2.05, 4.69) is 27.1 Å². The number of aliphatic imine (C=N–C) groups is 1. The Morgan fingerprint density at radius 1 is 1.33 bits per heavy atom. The molecule has 7 heteroatoms. The van der Waals surface area contributed by atoms with Crippen molar-refractivity contribution in [3.63, 3.8) is 0 Å². The topological polar surface area (TPSA) is 58.1 Å². The highest BCUT2D eigenvalue weighted by atomic mass is 127. The molecule has 0 aromatic heterocycles. The van der Waals surface area contributed by atoms with Gasteiger partial charge in [0.05, 0.1) is 20.3 Å². The molecule has 152 valence electrons. The van der Waals surface area contributed by atoms with Crippen LogP contribution in [0.4, 0.5) is 0 Å². The number of likely N-dealkylation sites (tertiary alicyclic amines) is 1. The number of para-hydroxylation sites is 1. The maximum absolute atomic E-state index is 5.75. The molecule has 1 saturated heterocycles. The Morgan fingerprint density at radius 2 is 2.07 bits per heavy atom. The normalized spacial score (nSPS) is 15.7. The Balaban J connectivity index is 0.00000364. The zero-order valence-electron chi connectivity index (χ0n) is 16.4.